The molecule has 2 aromatic rings. The predicted molar refractivity (Wildman–Crippen MR) is 168 cm³/mol. The Morgan fingerprint density at radius 2 is 1.60 bits per heavy atom. The molecule has 0 aliphatic heterocycles. The van der Waals surface area contributed by atoms with Crippen LogP contribution in [0.15, 0.2) is 48.5 Å². The third-order valence-corrected chi connectivity index (χ3v) is 11.3. The van der Waals surface area contributed by atoms with Crippen LogP contribution in [0.5, 0.6) is 0 Å². The highest BCUT2D eigenvalue weighted by Crippen LogP contribution is 2.60. The summed E-state index contributed by atoms with van der Waals surface area (Å²) in [6.07, 6.45) is 10.6. The van der Waals surface area contributed by atoms with Crippen LogP contribution in [0.1, 0.15) is 76.3 Å². The van der Waals surface area contributed by atoms with Crippen LogP contribution in [0.3, 0.4) is 0 Å². The first-order valence-corrected chi connectivity index (χ1v) is 17.6. The Hall–Kier alpha value is -2.58. The Morgan fingerprint density at radius 1 is 1.00 bits per heavy atom. The molecule has 0 aromatic heterocycles. The molecule has 0 spiro atoms. The number of hydrogen-bond acceptors (Lipinski definition) is 4. The molecule has 1 unspecified atom stereocenters. The fourth-order valence-electron chi connectivity index (χ4n) is 7.99. The van der Waals surface area contributed by atoms with E-state index in [1.165, 1.54) is 49.0 Å². The quantitative estimate of drug-likeness (QED) is 0.302. The molecule has 1 N–H and O–H groups in total. The number of nitrogens with zero attached hydrogens (tertiary/aromatic N) is 2. The molecule has 0 saturated heterocycles. The van der Waals surface area contributed by atoms with Crippen LogP contribution in [-0.2, 0) is 31.6 Å². The van der Waals surface area contributed by atoms with Gasteiger partial charge >= 0.3 is 0 Å². The minimum absolute atomic E-state index is 0.0867. The number of halogens is 1. The molecule has 4 aliphatic rings. The summed E-state index contributed by atoms with van der Waals surface area (Å²) < 4.78 is 27.2. The molecule has 6 rings (SSSR count). The van der Waals surface area contributed by atoms with Gasteiger partial charge < -0.3 is 10.2 Å². The number of rotatable bonds is 12. The molecule has 2 amide bonds. The second kappa shape index (κ2) is 12.6. The first-order chi connectivity index (χ1) is 20.0. The highest BCUT2D eigenvalue weighted by Gasteiger charge is 2.51. The number of carbonyl (C=O) groups excluding carboxylic acids is 2. The topological polar surface area (TPSA) is 86.8 Å². The number of benzene rings is 2. The van der Waals surface area contributed by atoms with Crippen LogP contribution in [0.4, 0.5) is 5.69 Å². The summed E-state index contributed by atoms with van der Waals surface area (Å²) in [5.74, 6) is 1.68. The predicted octanol–water partition coefficient (Wildman–Crippen LogP) is 5.91. The van der Waals surface area contributed by atoms with Gasteiger partial charge in [0.15, 0.2) is 0 Å². The zero-order valence-electron chi connectivity index (χ0n) is 25.0. The van der Waals surface area contributed by atoms with Crippen molar-refractivity contribution in [1.82, 2.24) is 10.2 Å². The lowest BCUT2D eigenvalue weighted by molar-refractivity contribution is -0.139. The Balaban J connectivity index is 1.37. The molecule has 42 heavy (non-hydrogen) atoms. The number of anilines is 1. The van der Waals surface area contributed by atoms with Crippen molar-refractivity contribution in [2.24, 2.45) is 17.8 Å². The molecule has 4 bridgehead atoms. The summed E-state index contributed by atoms with van der Waals surface area (Å²) in [6, 6.07) is 14.2. The molecule has 228 valence electrons. The Kier molecular flexibility index (Phi) is 9.24. The smallest absolute Gasteiger partial charge is 0.244 e. The fraction of sp³-hybridized carbons (Fsp3) is 0.576. The third-order valence-electron chi connectivity index (χ3n) is 9.78. The number of unbranched alkanes of at least 4 members (excludes halogenated alkanes) is 1. The van der Waals surface area contributed by atoms with Gasteiger partial charge in [-0.15, -0.1) is 0 Å². The number of nitrogens with one attached hydrogen (secondary N) is 1. The number of carbonyl (C=O) groups is 2. The highest BCUT2D eigenvalue weighted by molar-refractivity contribution is 7.92. The van der Waals surface area contributed by atoms with Crippen LogP contribution >= 0.6 is 11.6 Å². The molecule has 9 heteroatoms. The van der Waals surface area contributed by atoms with Crippen molar-refractivity contribution in [3.63, 3.8) is 0 Å². The maximum Gasteiger partial charge on any atom is 0.244 e. The van der Waals surface area contributed by atoms with Gasteiger partial charge in [0.25, 0.3) is 0 Å². The summed E-state index contributed by atoms with van der Waals surface area (Å²) in [6.45, 7) is 3.90. The molecule has 1 atom stereocenters. The summed E-state index contributed by atoms with van der Waals surface area (Å²) in [7, 11) is -3.79. The highest BCUT2D eigenvalue weighted by atomic mass is 35.5. The second-order valence-electron chi connectivity index (χ2n) is 12.9. The lowest BCUT2D eigenvalue weighted by Crippen LogP contribution is -2.51. The van der Waals surface area contributed by atoms with Crippen LogP contribution in [0.25, 0.3) is 0 Å². The monoisotopic (exact) mass is 613 g/mol. The van der Waals surface area contributed by atoms with Gasteiger partial charge in [0.05, 0.1) is 11.9 Å². The van der Waals surface area contributed by atoms with Gasteiger partial charge in [-0.25, -0.2) is 8.42 Å². The maximum atomic E-state index is 13.9. The molecule has 0 radical (unpaired) electrons. The van der Waals surface area contributed by atoms with Crippen molar-refractivity contribution in [1.29, 1.82) is 0 Å². The maximum absolute atomic E-state index is 13.9. The van der Waals surface area contributed by atoms with Gasteiger partial charge in [0.1, 0.15) is 12.6 Å². The van der Waals surface area contributed by atoms with Crippen LogP contribution < -0.4 is 9.62 Å². The zero-order valence-corrected chi connectivity index (χ0v) is 26.6. The van der Waals surface area contributed by atoms with Crippen molar-refractivity contribution < 1.29 is 18.0 Å². The van der Waals surface area contributed by atoms with Gasteiger partial charge in [-0.2, -0.15) is 0 Å². The van der Waals surface area contributed by atoms with E-state index in [1.54, 1.807) is 19.1 Å². The first-order valence-electron chi connectivity index (χ1n) is 15.4. The van der Waals surface area contributed by atoms with Gasteiger partial charge in [-0.1, -0.05) is 55.3 Å². The fourth-order valence-corrected chi connectivity index (χ4v) is 9.03. The molecule has 4 aliphatic carbocycles. The first kappa shape index (κ1) is 30.9. The largest absolute Gasteiger partial charge is 0.354 e. The minimum atomic E-state index is -3.79. The SMILES string of the molecule is CCCCNC(=O)C(C)N(Cc1ccccc1Cl)C(=O)CN(c1ccc(C23CC4CC(CC(C4)C2)C3)cc1)S(C)(=O)=O. The lowest BCUT2D eigenvalue weighted by Gasteiger charge is -2.57. The van der Waals surface area contributed by atoms with E-state index >= 15 is 0 Å². The van der Waals surface area contributed by atoms with Gasteiger partial charge in [-0.3, -0.25) is 13.9 Å². The Morgan fingerprint density at radius 3 is 2.14 bits per heavy atom. The molecule has 7 nitrogen and oxygen atoms in total. The van der Waals surface area contributed by atoms with Crippen molar-refractivity contribution in [2.45, 2.75) is 83.2 Å². The molecule has 0 heterocycles. The Bertz CT molecular complexity index is 1360. The molecule has 2 aromatic carbocycles. The van der Waals surface area contributed by atoms with E-state index in [-0.39, 0.29) is 17.9 Å². The van der Waals surface area contributed by atoms with E-state index in [2.05, 4.69) is 17.4 Å². The zero-order chi connectivity index (χ0) is 30.1. The van der Waals surface area contributed by atoms with Gasteiger partial charge in [-0.05, 0) is 104 Å². The molecule has 4 fully saturated rings. The number of hydrogen-bond donors (Lipinski definition) is 1. The third kappa shape index (κ3) is 6.65. The van der Waals surface area contributed by atoms with E-state index in [9.17, 15) is 18.0 Å². The van der Waals surface area contributed by atoms with E-state index in [0.29, 0.717) is 22.8 Å². The summed E-state index contributed by atoms with van der Waals surface area (Å²) >= 11 is 6.42. The lowest BCUT2D eigenvalue weighted by atomic mass is 9.48. The van der Waals surface area contributed by atoms with Crippen LogP contribution in [-0.4, -0.2) is 50.5 Å². The number of amides is 2. The molecular weight excluding hydrogens is 570 g/mol. The average Bonchev–Trinajstić information content (AvgIpc) is 2.94. The minimum Gasteiger partial charge on any atom is -0.354 e. The van der Waals surface area contributed by atoms with Crippen molar-refractivity contribution in [2.75, 3.05) is 23.7 Å². The summed E-state index contributed by atoms with van der Waals surface area (Å²) in [4.78, 5) is 28.3. The van der Waals surface area contributed by atoms with Gasteiger partial charge in [0, 0.05) is 18.1 Å². The normalized spacial score (nSPS) is 25.2. The van der Waals surface area contributed by atoms with Crippen LogP contribution in [0, 0.1) is 17.8 Å². The molecule has 4 saturated carbocycles. The standard InChI is InChI=1S/C33H44ClN3O4S/c1-4-5-14-35-32(39)23(2)36(21-27-8-6-7-9-30(27)34)31(38)22-37(42(3,40)41)29-12-10-28(11-13-29)33-18-24-15-25(19-33)17-26(16-24)20-33/h6-13,23-26H,4-5,14-22H2,1-3H3,(H,35,39). The van der Waals surface area contributed by atoms with Crippen molar-refractivity contribution in [3.05, 3.63) is 64.7 Å². The molecular formula is C33H44ClN3O4S. The van der Waals surface area contributed by atoms with Crippen molar-refractivity contribution in [3.8, 4) is 0 Å². The summed E-state index contributed by atoms with van der Waals surface area (Å²) in [5.41, 5.74) is 2.64. The van der Waals surface area contributed by atoms with Crippen LogP contribution in [0.2, 0.25) is 5.02 Å². The van der Waals surface area contributed by atoms with E-state index in [1.807, 2.05) is 31.2 Å². The second-order valence-corrected chi connectivity index (χ2v) is 15.3. The van der Waals surface area contributed by atoms with E-state index in [4.69, 9.17) is 11.6 Å². The number of sulfonamides is 1. The van der Waals surface area contributed by atoms with E-state index in [0.717, 1.165) is 41.2 Å². The average molecular weight is 614 g/mol. The summed E-state index contributed by atoms with van der Waals surface area (Å²) in [5, 5.41) is 3.38. The van der Waals surface area contributed by atoms with E-state index < -0.39 is 28.5 Å². The van der Waals surface area contributed by atoms with Crippen molar-refractivity contribution >= 4 is 39.1 Å². The van der Waals surface area contributed by atoms with Gasteiger partial charge in [0.2, 0.25) is 21.8 Å². The Labute approximate surface area is 256 Å².